The number of fused-ring (bicyclic) bond motifs is 8. The van der Waals surface area contributed by atoms with Crippen molar-refractivity contribution in [2.24, 2.45) is 47.3 Å². The van der Waals surface area contributed by atoms with E-state index < -0.39 is 0 Å². The summed E-state index contributed by atoms with van der Waals surface area (Å²) >= 11 is 0. The van der Waals surface area contributed by atoms with Crippen LogP contribution in [0, 0.1) is 47.3 Å². The molecule has 0 saturated heterocycles. The molecule has 0 aromatic carbocycles. The molecular weight excluding hydrogens is 384 g/mol. The molecule has 0 aliphatic heterocycles. The normalized spacial score (nSPS) is 48.0. The first-order valence-electron chi connectivity index (χ1n) is 14.8. The summed E-state index contributed by atoms with van der Waals surface area (Å²) in [5, 5.41) is 0. The maximum absolute atomic E-state index is 2.03. The van der Waals surface area contributed by atoms with E-state index in [0.29, 0.717) is 0 Å². The zero-order chi connectivity index (χ0) is 20.6. The summed E-state index contributed by atoms with van der Waals surface area (Å²) in [6.07, 6.45) is 24.3. The molecule has 0 nitrogen and oxygen atoms in total. The molecule has 0 heterocycles. The molecule has 4 fully saturated rings. The van der Waals surface area contributed by atoms with Gasteiger partial charge in [0.1, 0.15) is 0 Å². The lowest BCUT2D eigenvalue weighted by atomic mass is 9.48. The van der Waals surface area contributed by atoms with Crippen molar-refractivity contribution in [3.8, 4) is 0 Å². The molecule has 0 unspecified atom stereocenters. The van der Waals surface area contributed by atoms with E-state index >= 15 is 0 Å². The molecule has 0 spiro atoms. The summed E-state index contributed by atoms with van der Waals surface area (Å²) in [6, 6.07) is 0. The minimum atomic E-state index is 0.927. The van der Waals surface area contributed by atoms with Gasteiger partial charge in [0.25, 0.3) is 0 Å². The first-order valence-corrected chi connectivity index (χ1v) is 14.8. The predicted molar refractivity (Wildman–Crippen MR) is 130 cm³/mol. The molecule has 0 heteroatoms. The van der Waals surface area contributed by atoms with Gasteiger partial charge in [0.2, 0.25) is 0 Å². The molecule has 168 valence electrons. The Kier molecular flexibility index (Phi) is 3.63. The molecule has 8 bridgehead atoms. The largest absolute Gasteiger partial charge is 0.0458 e. The number of hydrogen-bond acceptors (Lipinski definition) is 0. The highest BCUT2D eigenvalue weighted by atomic mass is 14.6. The Labute approximate surface area is 194 Å². The average Bonchev–Trinajstić information content (AvgIpc) is 2.88. The second-order valence-corrected chi connectivity index (χ2v) is 13.5. The molecule has 13 aliphatic carbocycles. The van der Waals surface area contributed by atoms with Crippen molar-refractivity contribution in [1.82, 2.24) is 0 Å². The van der Waals surface area contributed by atoms with Crippen molar-refractivity contribution in [2.75, 3.05) is 0 Å². The van der Waals surface area contributed by atoms with E-state index in [0.717, 1.165) is 47.3 Å². The Hall–Kier alpha value is -1.04. The highest BCUT2D eigenvalue weighted by Gasteiger charge is 2.52. The average molecular weight is 425 g/mol. The van der Waals surface area contributed by atoms with E-state index in [1.54, 1.807) is 0 Å². The molecule has 32 heavy (non-hydrogen) atoms. The van der Waals surface area contributed by atoms with Gasteiger partial charge in [0.15, 0.2) is 0 Å². The molecular formula is C32H40. The van der Waals surface area contributed by atoms with Crippen molar-refractivity contribution in [3.05, 3.63) is 44.6 Å². The van der Waals surface area contributed by atoms with E-state index in [1.807, 2.05) is 44.6 Å². The molecule has 0 aromatic rings. The van der Waals surface area contributed by atoms with Crippen LogP contribution in [-0.2, 0) is 0 Å². The van der Waals surface area contributed by atoms with Crippen LogP contribution in [0.25, 0.3) is 0 Å². The van der Waals surface area contributed by atoms with E-state index in [2.05, 4.69) is 0 Å². The Morgan fingerprint density at radius 1 is 0.188 bits per heavy atom. The number of rotatable bonds is 0. The lowest BCUT2D eigenvalue weighted by molar-refractivity contribution is 0.230. The molecule has 0 atom stereocenters. The van der Waals surface area contributed by atoms with Crippen molar-refractivity contribution in [1.29, 1.82) is 0 Å². The predicted octanol–water partition coefficient (Wildman–Crippen LogP) is 8.47. The van der Waals surface area contributed by atoms with Crippen LogP contribution in [0.1, 0.15) is 103 Å². The first-order chi connectivity index (χ1) is 15.9. The molecule has 0 N–H and O–H groups in total. The van der Waals surface area contributed by atoms with Gasteiger partial charge < -0.3 is 0 Å². The summed E-state index contributed by atoms with van der Waals surface area (Å²) in [6.45, 7) is 0. The van der Waals surface area contributed by atoms with Crippen LogP contribution < -0.4 is 0 Å². The second-order valence-electron chi connectivity index (χ2n) is 13.5. The summed E-state index contributed by atoms with van der Waals surface area (Å²) in [5.74, 6) is 7.42. The van der Waals surface area contributed by atoms with Gasteiger partial charge in [-0.2, -0.15) is 0 Å². The molecule has 0 amide bonds. The Morgan fingerprint density at radius 3 is 0.375 bits per heavy atom. The zero-order valence-corrected chi connectivity index (χ0v) is 19.9. The smallest absolute Gasteiger partial charge is 0.0156 e. The summed E-state index contributed by atoms with van der Waals surface area (Å²) < 4.78 is 0. The first kappa shape index (κ1) is 18.3. The van der Waals surface area contributed by atoms with Crippen LogP contribution in [0.3, 0.4) is 0 Å². The van der Waals surface area contributed by atoms with Crippen molar-refractivity contribution < 1.29 is 0 Å². The Morgan fingerprint density at radius 2 is 0.281 bits per heavy atom. The van der Waals surface area contributed by atoms with Crippen LogP contribution in [0.5, 0.6) is 0 Å². The van der Waals surface area contributed by atoms with Crippen LogP contribution >= 0.6 is 0 Å². The fraction of sp³-hybridized carbons (Fsp3) is 0.750. The monoisotopic (exact) mass is 424 g/mol. The standard InChI is InChI=1S/C32H40/c1-2-18-4-3-17(1)25-26(18)28-20-9-11-22(12-10-20)30(28)32-24-15-13-23(14-16-24)31(32)29-21-7-5-19(6-8-21)27(25)29/h17-24H,1-16H2. The lowest BCUT2D eigenvalue weighted by Gasteiger charge is -2.56. The number of allylic oxidation sites excluding steroid dienone is 8. The van der Waals surface area contributed by atoms with Gasteiger partial charge in [-0.15, -0.1) is 0 Å². The minimum absolute atomic E-state index is 0.927. The maximum Gasteiger partial charge on any atom is -0.0156 e. The third-order valence-corrected chi connectivity index (χ3v) is 12.5. The van der Waals surface area contributed by atoms with Gasteiger partial charge in [0, 0.05) is 0 Å². The highest BCUT2D eigenvalue weighted by Crippen LogP contribution is 2.66. The fourth-order valence-electron chi connectivity index (χ4n) is 11.4. The van der Waals surface area contributed by atoms with Crippen LogP contribution in [0.4, 0.5) is 0 Å². The van der Waals surface area contributed by atoms with E-state index in [4.69, 9.17) is 0 Å². The molecule has 0 radical (unpaired) electrons. The van der Waals surface area contributed by atoms with E-state index in [9.17, 15) is 0 Å². The maximum atomic E-state index is 2.03. The van der Waals surface area contributed by atoms with E-state index in [1.165, 1.54) is 103 Å². The highest BCUT2D eigenvalue weighted by molar-refractivity contribution is 5.67. The van der Waals surface area contributed by atoms with Gasteiger partial charge in [-0.05, 0) is 195 Å². The summed E-state index contributed by atoms with van der Waals surface area (Å²) in [5.41, 5.74) is 16.3. The second kappa shape index (κ2) is 6.34. The topological polar surface area (TPSA) is 0 Å². The van der Waals surface area contributed by atoms with Crippen LogP contribution in [0.15, 0.2) is 44.6 Å². The third kappa shape index (κ3) is 2.14. The van der Waals surface area contributed by atoms with Crippen LogP contribution in [0.2, 0.25) is 0 Å². The molecule has 13 rings (SSSR count). The molecule has 4 saturated carbocycles. The fourth-order valence-corrected chi connectivity index (χ4v) is 11.4. The molecule has 0 aromatic heterocycles. The number of hydrogen-bond donors (Lipinski definition) is 0. The van der Waals surface area contributed by atoms with Gasteiger partial charge >= 0.3 is 0 Å². The van der Waals surface area contributed by atoms with Crippen molar-refractivity contribution in [2.45, 2.75) is 103 Å². The summed E-state index contributed by atoms with van der Waals surface area (Å²) in [4.78, 5) is 0. The van der Waals surface area contributed by atoms with E-state index in [-0.39, 0.29) is 0 Å². The van der Waals surface area contributed by atoms with Crippen molar-refractivity contribution in [3.63, 3.8) is 0 Å². The lowest BCUT2D eigenvalue weighted by Crippen LogP contribution is -2.42. The minimum Gasteiger partial charge on any atom is -0.0458 e. The zero-order valence-electron chi connectivity index (χ0n) is 19.9. The third-order valence-electron chi connectivity index (χ3n) is 12.5. The van der Waals surface area contributed by atoms with Gasteiger partial charge in [0.05, 0.1) is 0 Å². The van der Waals surface area contributed by atoms with Crippen molar-refractivity contribution >= 4 is 0 Å². The SMILES string of the molecule is C1CC2CCC1C1=C2C2=C(C3=C(C4=C1C1CCC4CC1)C1CCC3CC1)C1CCC2CC1. The van der Waals surface area contributed by atoms with Gasteiger partial charge in [-0.3, -0.25) is 0 Å². The van der Waals surface area contributed by atoms with Gasteiger partial charge in [-0.25, -0.2) is 0 Å². The Bertz CT molecular complexity index is 740. The molecule has 13 aliphatic rings. The van der Waals surface area contributed by atoms with Crippen LogP contribution in [-0.4, -0.2) is 0 Å². The van der Waals surface area contributed by atoms with Gasteiger partial charge in [-0.1, -0.05) is 0 Å². The quantitative estimate of drug-likeness (QED) is 0.366. The summed E-state index contributed by atoms with van der Waals surface area (Å²) in [7, 11) is 0. The Balaban J connectivity index is 1.44.